The van der Waals surface area contributed by atoms with E-state index in [-0.39, 0.29) is 11.2 Å². The number of nitrogens with zero attached hydrogens (tertiary/aromatic N) is 1. The number of thioether (sulfide) groups is 1. The van der Waals surface area contributed by atoms with Crippen molar-refractivity contribution in [3.05, 3.63) is 71.8 Å². The van der Waals surface area contributed by atoms with Gasteiger partial charge in [0.2, 0.25) is 0 Å². The van der Waals surface area contributed by atoms with E-state index in [2.05, 4.69) is 22.7 Å². The number of hydrogen-bond acceptors (Lipinski definition) is 3. The molecule has 0 saturated heterocycles. The molecule has 0 spiro atoms. The van der Waals surface area contributed by atoms with E-state index in [4.69, 9.17) is 0 Å². The monoisotopic (exact) mass is 298 g/mol. The lowest BCUT2D eigenvalue weighted by molar-refractivity contribution is -0.120. The summed E-state index contributed by atoms with van der Waals surface area (Å²) in [5.74, 6) is 0.737. The van der Waals surface area contributed by atoms with Crippen molar-refractivity contribution in [2.24, 2.45) is 5.10 Å². The van der Waals surface area contributed by atoms with Gasteiger partial charge in [-0.25, -0.2) is 5.43 Å². The molecule has 1 unspecified atom stereocenters. The van der Waals surface area contributed by atoms with Crippen LogP contribution in [-0.4, -0.2) is 17.4 Å². The summed E-state index contributed by atoms with van der Waals surface area (Å²) in [6.07, 6.45) is 1.65. The standard InChI is InChI=1S/C17H18N2OS/c1-14(21-13-16-10-6-3-7-11-16)17(20)19-18-12-15-8-4-2-5-9-15/h2-12,14H,13H2,1H3,(H,19,20). The summed E-state index contributed by atoms with van der Waals surface area (Å²) >= 11 is 1.60. The molecule has 0 aliphatic heterocycles. The molecule has 0 saturated carbocycles. The minimum atomic E-state index is -0.141. The molecule has 2 aromatic carbocycles. The third-order valence-electron chi connectivity index (χ3n) is 2.90. The summed E-state index contributed by atoms with van der Waals surface area (Å²) in [6, 6.07) is 19.8. The summed E-state index contributed by atoms with van der Waals surface area (Å²) in [4.78, 5) is 11.9. The van der Waals surface area contributed by atoms with Gasteiger partial charge >= 0.3 is 0 Å². The number of carbonyl (C=O) groups is 1. The van der Waals surface area contributed by atoms with Gasteiger partial charge in [0.25, 0.3) is 5.91 Å². The predicted octanol–water partition coefficient (Wildman–Crippen LogP) is 3.46. The van der Waals surface area contributed by atoms with Crippen molar-refractivity contribution in [1.29, 1.82) is 0 Å². The van der Waals surface area contributed by atoms with Crippen molar-refractivity contribution in [1.82, 2.24) is 5.43 Å². The van der Waals surface area contributed by atoms with Crippen LogP contribution in [0.1, 0.15) is 18.1 Å². The van der Waals surface area contributed by atoms with E-state index in [0.29, 0.717) is 0 Å². The fourth-order valence-electron chi connectivity index (χ4n) is 1.67. The van der Waals surface area contributed by atoms with E-state index in [1.54, 1.807) is 18.0 Å². The van der Waals surface area contributed by atoms with Crippen molar-refractivity contribution in [3.8, 4) is 0 Å². The van der Waals surface area contributed by atoms with Crippen molar-refractivity contribution in [2.75, 3.05) is 0 Å². The molecule has 1 amide bonds. The SMILES string of the molecule is CC(SCc1ccccc1)C(=O)NN=Cc1ccccc1. The zero-order valence-electron chi connectivity index (χ0n) is 11.9. The maximum Gasteiger partial charge on any atom is 0.252 e. The second-order valence-corrected chi connectivity index (χ2v) is 5.91. The number of benzene rings is 2. The lowest BCUT2D eigenvalue weighted by atomic mass is 10.2. The maximum atomic E-state index is 11.9. The molecule has 0 bridgehead atoms. The summed E-state index contributed by atoms with van der Waals surface area (Å²) in [7, 11) is 0. The smallest absolute Gasteiger partial charge is 0.252 e. The van der Waals surface area contributed by atoms with Crippen LogP contribution in [0.15, 0.2) is 65.8 Å². The highest BCUT2D eigenvalue weighted by Gasteiger charge is 2.12. The zero-order valence-corrected chi connectivity index (χ0v) is 12.7. The summed E-state index contributed by atoms with van der Waals surface area (Å²) in [5, 5.41) is 3.84. The minimum Gasteiger partial charge on any atom is -0.272 e. The molecule has 0 radical (unpaired) electrons. The first kappa shape index (κ1) is 15.3. The number of rotatable bonds is 6. The molecule has 21 heavy (non-hydrogen) atoms. The molecule has 2 rings (SSSR count). The topological polar surface area (TPSA) is 41.5 Å². The number of carbonyl (C=O) groups excluding carboxylic acids is 1. The Morgan fingerprint density at radius 2 is 1.76 bits per heavy atom. The highest BCUT2D eigenvalue weighted by Crippen LogP contribution is 2.17. The number of hydrazone groups is 1. The highest BCUT2D eigenvalue weighted by atomic mass is 32.2. The first-order valence-corrected chi connectivity index (χ1v) is 7.84. The molecule has 0 aliphatic rings. The molecule has 3 nitrogen and oxygen atoms in total. The molecule has 4 heteroatoms. The van der Waals surface area contributed by atoms with E-state index in [0.717, 1.165) is 11.3 Å². The van der Waals surface area contributed by atoms with Crippen LogP contribution in [-0.2, 0) is 10.5 Å². The fraction of sp³-hybridized carbons (Fsp3) is 0.176. The van der Waals surface area contributed by atoms with Gasteiger partial charge in [-0.2, -0.15) is 5.10 Å². The third kappa shape index (κ3) is 5.44. The molecule has 0 aliphatic carbocycles. The first-order valence-electron chi connectivity index (χ1n) is 6.79. The third-order valence-corrected chi connectivity index (χ3v) is 4.11. The molecule has 1 N–H and O–H groups in total. The van der Waals surface area contributed by atoms with Gasteiger partial charge in [-0.05, 0) is 18.1 Å². The van der Waals surface area contributed by atoms with Crippen LogP contribution < -0.4 is 5.43 Å². The largest absolute Gasteiger partial charge is 0.272 e. The van der Waals surface area contributed by atoms with Gasteiger partial charge in [-0.1, -0.05) is 60.7 Å². The Morgan fingerprint density at radius 3 is 2.43 bits per heavy atom. The maximum absolute atomic E-state index is 11.9. The summed E-state index contributed by atoms with van der Waals surface area (Å²) < 4.78 is 0. The first-order chi connectivity index (χ1) is 10.3. The van der Waals surface area contributed by atoms with Gasteiger partial charge < -0.3 is 0 Å². The summed E-state index contributed by atoms with van der Waals surface area (Å²) in [5.41, 5.74) is 4.75. The quantitative estimate of drug-likeness (QED) is 0.655. The molecular weight excluding hydrogens is 280 g/mol. The number of nitrogens with one attached hydrogen (secondary N) is 1. The Kier molecular flexibility index (Phi) is 6.03. The molecule has 1 atom stereocenters. The Labute approximate surface area is 129 Å². The second-order valence-electron chi connectivity index (χ2n) is 4.58. The van der Waals surface area contributed by atoms with Crippen LogP contribution in [0.25, 0.3) is 0 Å². The Hall–Kier alpha value is -2.07. The van der Waals surface area contributed by atoms with E-state index in [1.807, 2.05) is 55.5 Å². The number of amides is 1. The van der Waals surface area contributed by atoms with E-state index in [9.17, 15) is 4.79 Å². The van der Waals surface area contributed by atoms with Gasteiger partial charge in [-0.3, -0.25) is 4.79 Å². The van der Waals surface area contributed by atoms with E-state index < -0.39 is 0 Å². The molecular formula is C17H18N2OS. The zero-order chi connectivity index (χ0) is 14.9. The van der Waals surface area contributed by atoms with Gasteiger partial charge in [0.05, 0.1) is 11.5 Å². The van der Waals surface area contributed by atoms with E-state index in [1.165, 1.54) is 5.56 Å². The van der Waals surface area contributed by atoms with Crippen LogP contribution in [0.2, 0.25) is 0 Å². The van der Waals surface area contributed by atoms with Crippen LogP contribution >= 0.6 is 11.8 Å². The Balaban J connectivity index is 1.76. The van der Waals surface area contributed by atoms with E-state index >= 15 is 0 Å². The Morgan fingerprint density at radius 1 is 1.14 bits per heavy atom. The van der Waals surface area contributed by atoms with Crippen molar-refractivity contribution in [3.63, 3.8) is 0 Å². The predicted molar refractivity (Wildman–Crippen MR) is 89.4 cm³/mol. The average molecular weight is 298 g/mol. The lowest BCUT2D eigenvalue weighted by Crippen LogP contribution is -2.26. The van der Waals surface area contributed by atoms with Crippen molar-refractivity contribution >= 4 is 23.9 Å². The molecule has 0 aromatic heterocycles. The van der Waals surface area contributed by atoms with Gasteiger partial charge in [0.15, 0.2) is 0 Å². The van der Waals surface area contributed by atoms with Crippen LogP contribution in [0, 0.1) is 0 Å². The van der Waals surface area contributed by atoms with Crippen LogP contribution in [0.3, 0.4) is 0 Å². The molecule has 108 valence electrons. The van der Waals surface area contributed by atoms with Gasteiger partial charge in [0.1, 0.15) is 0 Å². The highest BCUT2D eigenvalue weighted by molar-refractivity contribution is 7.99. The van der Waals surface area contributed by atoms with Crippen LogP contribution in [0.5, 0.6) is 0 Å². The summed E-state index contributed by atoms with van der Waals surface area (Å²) in [6.45, 7) is 1.89. The fourth-order valence-corrected chi connectivity index (χ4v) is 2.51. The van der Waals surface area contributed by atoms with Gasteiger partial charge in [0, 0.05) is 5.75 Å². The van der Waals surface area contributed by atoms with Crippen molar-refractivity contribution < 1.29 is 4.79 Å². The molecule has 0 fully saturated rings. The Bertz CT molecular complexity index is 584. The molecule has 0 heterocycles. The lowest BCUT2D eigenvalue weighted by Gasteiger charge is -2.09. The number of hydrogen-bond donors (Lipinski definition) is 1. The minimum absolute atomic E-state index is 0.0805. The second kappa shape index (κ2) is 8.27. The molecule has 2 aromatic rings. The van der Waals surface area contributed by atoms with Crippen molar-refractivity contribution in [2.45, 2.75) is 17.9 Å². The average Bonchev–Trinajstić information content (AvgIpc) is 2.54. The normalized spacial score (nSPS) is 12.2. The van der Waals surface area contributed by atoms with Crippen LogP contribution in [0.4, 0.5) is 0 Å². The van der Waals surface area contributed by atoms with Gasteiger partial charge in [-0.15, -0.1) is 11.8 Å².